The van der Waals surface area contributed by atoms with Gasteiger partial charge in [0.15, 0.2) is 0 Å². The summed E-state index contributed by atoms with van der Waals surface area (Å²) in [5, 5.41) is -0.0477. The molecule has 0 bridgehead atoms. The van der Waals surface area contributed by atoms with Crippen LogP contribution < -0.4 is 0 Å². The first-order chi connectivity index (χ1) is 16.4. The normalized spacial score (nSPS) is 12.8. The summed E-state index contributed by atoms with van der Waals surface area (Å²) in [6.07, 6.45) is -0.0231. The Bertz CT molecular complexity index is 1260. The van der Waals surface area contributed by atoms with Gasteiger partial charge < -0.3 is 15.2 Å². The van der Waals surface area contributed by atoms with Crippen LogP contribution in [0.25, 0.3) is 16.7 Å². The zero-order valence-electron chi connectivity index (χ0n) is 18.3. The molecular weight excluding hydrogens is 457 g/mol. The van der Waals surface area contributed by atoms with E-state index in [9.17, 15) is 14.0 Å². The predicted octanol–water partition coefficient (Wildman–Crippen LogP) is 5.14. The van der Waals surface area contributed by atoms with E-state index < -0.39 is 23.7 Å². The number of hydrogen-bond acceptors (Lipinski definition) is 3. The molecule has 3 aromatic carbocycles. The SMILES string of the molecule is CN(C(=O)OCC1c2ccccc2-c2ccccc21)[C@@H](Cc1ccc(Cl)c(F)c1)C(=O)C=[N+]=[N-]. The Morgan fingerprint density at radius 1 is 1.12 bits per heavy atom. The number of hydrogen-bond donors (Lipinski definition) is 0. The van der Waals surface area contributed by atoms with Crippen LogP contribution >= 0.6 is 11.6 Å². The maximum atomic E-state index is 13.9. The Morgan fingerprint density at radius 3 is 2.32 bits per heavy atom. The lowest BCUT2D eigenvalue weighted by Crippen LogP contribution is -2.45. The number of nitrogens with zero attached hydrogens (tertiary/aromatic N) is 3. The van der Waals surface area contributed by atoms with Crippen LogP contribution in [0.2, 0.25) is 5.02 Å². The second-order valence-electron chi connectivity index (χ2n) is 8.03. The molecule has 1 atom stereocenters. The summed E-state index contributed by atoms with van der Waals surface area (Å²) in [6, 6.07) is 19.0. The fourth-order valence-electron chi connectivity index (χ4n) is 4.28. The van der Waals surface area contributed by atoms with Crippen molar-refractivity contribution in [2.75, 3.05) is 13.7 Å². The van der Waals surface area contributed by atoms with Crippen LogP contribution in [0.4, 0.5) is 9.18 Å². The van der Waals surface area contributed by atoms with Crippen molar-refractivity contribution in [3.8, 4) is 11.1 Å². The molecule has 172 valence electrons. The average molecular weight is 478 g/mol. The smallest absolute Gasteiger partial charge is 0.410 e. The number of halogens is 2. The van der Waals surface area contributed by atoms with Crippen molar-refractivity contribution in [3.05, 3.63) is 99.8 Å². The number of Topliss-reactive ketones (excluding diaryl/α,β-unsaturated/α-hetero) is 1. The van der Waals surface area contributed by atoms with Gasteiger partial charge in [-0.1, -0.05) is 66.2 Å². The van der Waals surface area contributed by atoms with Crippen LogP contribution in [0.5, 0.6) is 0 Å². The van der Waals surface area contributed by atoms with Gasteiger partial charge in [0.2, 0.25) is 0 Å². The third-order valence-electron chi connectivity index (χ3n) is 6.02. The van der Waals surface area contributed by atoms with E-state index in [0.29, 0.717) is 11.8 Å². The first-order valence-electron chi connectivity index (χ1n) is 10.6. The second-order valence-corrected chi connectivity index (χ2v) is 8.44. The molecule has 1 amide bonds. The van der Waals surface area contributed by atoms with E-state index in [-0.39, 0.29) is 24.0 Å². The lowest BCUT2D eigenvalue weighted by Gasteiger charge is -2.25. The van der Waals surface area contributed by atoms with Gasteiger partial charge in [0.1, 0.15) is 18.5 Å². The number of benzene rings is 3. The van der Waals surface area contributed by atoms with Gasteiger partial charge in [-0.05, 0) is 39.9 Å². The van der Waals surface area contributed by atoms with Gasteiger partial charge >= 0.3 is 12.3 Å². The largest absolute Gasteiger partial charge is 0.448 e. The highest BCUT2D eigenvalue weighted by molar-refractivity contribution is 6.30. The standard InChI is InChI=1S/C26H21ClFN3O3/c1-31(24(25(32)14-30-29)13-16-10-11-22(27)23(28)12-16)26(33)34-15-21-19-8-4-2-6-17(19)18-7-3-5-9-20(18)21/h2-12,14,21,24H,13,15H2,1H3/t24-/m0/s1. The number of rotatable bonds is 7. The second kappa shape index (κ2) is 10.00. The third-order valence-corrected chi connectivity index (χ3v) is 6.32. The first kappa shape index (κ1) is 23.4. The van der Waals surface area contributed by atoms with Crippen molar-refractivity contribution in [3.63, 3.8) is 0 Å². The maximum absolute atomic E-state index is 13.9. The van der Waals surface area contributed by atoms with Gasteiger partial charge in [-0.25, -0.2) is 9.18 Å². The van der Waals surface area contributed by atoms with Crippen LogP contribution in [-0.2, 0) is 16.0 Å². The van der Waals surface area contributed by atoms with Crippen molar-refractivity contribution >= 4 is 29.7 Å². The van der Waals surface area contributed by atoms with Crippen molar-refractivity contribution in [1.82, 2.24) is 4.90 Å². The summed E-state index contributed by atoms with van der Waals surface area (Å²) in [6.45, 7) is 0.0851. The monoisotopic (exact) mass is 477 g/mol. The third kappa shape index (κ3) is 4.62. The van der Waals surface area contributed by atoms with E-state index in [2.05, 4.69) is 4.79 Å². The summed E-state index contributed by atoms with van der Waals surface area (Å²) in [5.41, 5.74) is 13.6. The molecule has 6 nitrogen and oxygen atoms in total. The fraction of sp³-hybridized carbons (Fsp3) is 0.192. The van der Waals surface area contributed by atoms with Gasteiger partial charge in [0, 0.05) is 19.4 Å². The minimum atomic E-state index is -1.06. The Morgan fingerprint density at radius 2 is 1.74 bits per heavy atom. The minimum absolute atomic E-state index is 0.0142. The molecule has 0 spiro atoms. The maximum Gasteiger partial charge on any atom is 0.410 e. The molecular formula is C26H21ClFN3O3. The quantitative estimate of drug-likeness (QED) is 0.268. The molecule has 1 aliphatic rings. The van der Waals surface area contributed by atoms with Gasteiger partial charge in [-0.2, -0.15) is 4.79 Å². The highest BCUT2D eigenvalue weighted by atomic mass is 35.5. The van der Waals surface area contributed by atoms with E-state index in [1.807, 2.05) is 48.5 Å². The summed E-state index contributed by atoms with van der Waals surface area (Å²) in [5.74, 6) is -1.40. The molecule has 0 fully saturated rings. The van der Waals surface area contributed by atoms with Gasteiger partial charge in [-0.15, -0.1) is 0 Å². The lowest BCUT2D eigenvalue weighted by atomic mass is 9.98. The molecule has 1 aliphatic carbocycles. The molecule has 0 saturated carbocycles. The van der Waals surface area contributed by atoms with E-state index in [0.717, 1.165) is 27.2 Å². The van der Waals surface area contributed by atoms with Gasteiger partial charge in [-0.3, -0.25) is 4.79 Å². The molecule has 0 heterocycles. The van der Waals surface area contributed by atoms with Gasteiger partial charge in [0.05, 0.1) is 5.02 Å². The van der Waals surface area contributed by atoms with Crippen molar-refractivity contribution in [1.29, 1.82) is 0 Å². The summed E-state index contributed by atoms with van der Waals surface area (Å²) < 4.78 is 19.5. The highest BCUT2D eigenvalue weighted by Crippen LogP contribution is 2.44. The summed E-state index contributed by atoms with van der Waals surface area (Å²) >= 11 is 5.74. The van der Waals surface area contributed by atoms with Crippen LogP contribution in [-0.4, -0.2) is 47.5 Å². The lowest BCUT2D eigenvalue weighted by molar-refractivity contribution is -0.120. The Hall–Kier alpha value is -3.80. The number of amides is 1. The Balaban J connectivity index is 1.52. The predicted molar refractivity (Wildman–Crippen MR) is 126 cm³/mol. The number of likely N-dealkylation sites (N-methyl/N-ethyl adjacent to an activating group) is 1. The van der Waals surface area contributed by atoms with Crippen LogP contribution in [0.15, 0.2) is 66.7 Å². The number of ketones is 1. The number of ether oxygens (including phenoxy) is 1. The number of carbonyl (C=O) groups is 2. The molecule has 0 aliphatic heterocycles. The first-order valence-corrected chi connectivity index (χ1v) is 11.0. The molecule has 3 aromatic rings. The van der Waals surface area contributed by atoms with Crippen LogP contribution in [0.1, 0.15) is 22.6 Å². The summed E-state index contributed by atoms with van der Waals surface area (Å²) in [4.78, 5) is 29.4. The average Bonchev–Trinajstić information content (AvgIpc) is 3.16. The zero-order valence-corrected chi connectivity index (χ0v) is 19.1. The number of fused-ring (bicyclic) bond motifs is 3. The molecule has 4 rings (SSSR count). The molecule has 0 saturated heterocycles. The fourth-order valence-corrected chi connectivity index (χ4v) is 4.40. The van der Waals surface area contributed by atoms with Crippen LogP contribution in [0, 0.1) is 5.82 Å². The Kier molecular flexibility index (Phi) is 6.87. The highest BCUT2D eigenvalue weighted by Gasteiger charge is 2.32. The molecule has 8 heteroatoms. The van der Waals surface area contributed by atoms with Crippen molar-refractivity contribution in [2.24, 2.45) is 0 Å². The van der Waals surface area contributed by atoms with E-state index in [1.165, 1.54) is 19.2 Å². The molecule has 0 radical (unpaired) electrons. The van der Waals surface area contributed by atoms with E-state index in [4.69, 9.17) is 21.9 Å². The Labute approximate surface area is 201 Å². The molecule has 0 aromatic heterocycles. The van der Waals surface area contributed by atoms with Crippen LogP contribution in [0.3, 0.4) is 0 Å². The number of carbonyl (C=O) groups excluding carboxylic acids is 2. The summed E-state index contributed by atoms with van der Waals surface area (Å²) in [7, 11) is 1.42. The molecule has 0 N–H and O–H groups in total. The molecule has 0 unspecified atom stereocenters. The zero-order chi connectivity index (χ0) is 24.2. The van der Waals surface area contributed by atoms with Crippen molar-refractivity contribution < 1.29 is 23.5 Å². The van der Waals surface area contributed by atoms with Crippen molar-refractivity contribution in [2.45, 2.75) is 18.4 Å². The minimum Gasteiger partial charge on any atom is -0.448 e. The van der Waals surface area contributed by atoms with Gasteiger partial charge in [0.25, 0.3) is 5.78 Å². The molecule has 34 heavy (non-hydrogen) atoms. The van der Waals surface area contributed by atoms with E-state index in [1.54, 1.807) is 6.07 Å². The topological polar surface area (TPSA) is 83.0 Å². The van der Waals surface area contributed by atoms with E-state index >= 15 is 0 Å².